The smallest absolute Gasteiger partial charge is 0.160 e. The number of hydrogen-bond donors (Lipinski definition) is 2. The predicted octanol–water partition coefficient (Wildman–Crippen LogP) is 1.35. The second-order valence-corrected chi connectivity index (χ2v) is 4.70. The summed E-state index contributed by atoms with van der Waals surface area (Å²) in [5.41, 5.74) is 1.47. The van der Waals surface area contributed by atoms with Crippen molar-refractivity contribution in [2.75, 3.05) is 32.2 Å². The topological polar surface area (TPSA) is 63.6 Å². The van der Waals surface area contributed by atoms with E-state index in [2.05, 4.69) is 10.3 Å². The summed E-state index contributed by atoms with van der Waals surface area (Å²) >= 11 is 0. The van der Waals surface area contributed by atoms with Gasteiger partial charge >= 0.3 is 0 Å². The first kappa shape index (κ1) is 13.1. The minimum atomic E-state index is -0.320. The van der Waals surface area contributed by atoms with Gasteiger partial charge in [-0.15, -0.1) is 0 Å². The standard InChI is InChI=1S/C13H20N2O3/c1-10-7-11(12(17-2)8-14-10)15-13(9-16)3-5-18-6-4-13/h7-8,16H,3-6,9H2,1-2H3,(H,14,15). The Balaban J connectivity index is 2.23. The van der Waals surface area contributed by atoms with Crippen LogP contribution in [-0.2, 0) is 4.74 Å². The number of aryl methyl sites for hydroxylation is 1. The van der Waals surface area contributed by atoms with Crippen LogP contribution in [0.15, 0.2) is 12.3 Å². The average Bonchev–Trinajstić information content (AvgIpc) is 2.40. The van der Waals surface area contributed by atoms with Crippen LogP contribution in [0.3, 0.4) is 0 Å². The number of aliphatic hydroxyl groups excluding tert-OH is 1. The number of hydrogen-bond acceptors (Lipinski definition) is 5. The minimum absolute atomic E-state index is 0.0842. The van der Waals surface area contributed by atoms with Crippen LogP contribution in [-0.4, -0.2) is 42.6 Å². The van der Waals surface area contributed by atoms with Crippen molar-refractivity contribution in [1.29, 1.82) is 0 Å². The Kier molecular flexibility index (Phi) is 4.04. The zero-order chi connectivity index (χ0) is 13.0. The maximum Gasteiger partial charge on any atom is 0.160 e. The van der Waals surface area contributed by atoms with Gasteiger partial charge in [0.1, 0.15) is 0 Å². The monoisotopic (exact) mass is 252 g/mol. The molecule has 0 atom stereocenters. The van der Waals surface area contributed by atoms with Crippen molar-refractivity contribution >= 4 is 5.69 Å². The number of nitrogens with zero attached hydrogens (tertiary/aromatic N) is 1. The van der Waals surface area contributed by atoms with E-state index >= 15 is 0 Å². The molecule has 5 nitrogen and oxygen atoms in total. The zero-order valence-electron chi connectivity index (χ0n) is 10.9. The SMILES string of the molecule is COc1cnc(C)cc1NC1(CO)CCOCC1. The molecule has 100 valence electrons. The fourth-order valence-corrected chi connectivity index (χ4v) is 2.18. The molecule has 0 amide bonds. The molecule has 0 radical (unpaired) electrons. The summed E-state index contributed by atoms with van der Waals surface area (Å²) in [5, 5.41) is 13.1. The quantitative estimate of drug-likeness (QED) is 0.847. The number of methoxy groups -OCH3 is 1. The van der Waals surface area contributed by atoms with Crippen molar-refractivity contribution in [3.63, 3.8) is 0 Å². The van der Waals surface area contributed by atoms with E-state index in [1.165, 1.54) is 0 Å². The van der Waals surface area contributed by atoms with Crippen LogP contribution in [0.25, 0.3) is 0 Å². The Hall–Kier alpha value is -1.33. The highest BCUT2D eigenvalue weighted by Gasteiger charge is 2.32. The molecule has 1 saturated heterocycles. The van der Waals surface area contributed by atoms with Crippen molar-refractivity contribution in [2.24, 2.45) is 0 Å². The first-order valence-corrected chi connectivity index (χ1v) is 6.16. The van der Waals surface area contributed by atoms with Crippen LogP contribution in [0.5, 0.6) is 5.75 Å². The van der Waals surface area contributed by atoms with Gasteiger partial charge in [-0.3, -0.25) is 4.98 Å². The maximum atomic E-state index is 9.66. The first-order chi connectivity index (χ1) is 8.69. The van der Waals surface area contributed by atoms with Gasteiger partial charge in [-0.25, -0.2) is 0 Å². The van der Waals surface area contributed by atoms with Crippen LogP contribution >= 0.6 is 0 Å². The van der Waals surface area contributed by atoms with Gasteiger partial charge < -0.3 is 19.9 Å². The largest absolute Gasteiger partial charge is 0.493 e. The summed E-state index contributed by atoms with van der Waals surface area (Å²) in [7, 11) is 1.62. The Morgan fingerprint density at radius 3 is 2.83 bits per heavy atom. The van der Waals surface area contributed by atoms with E-state index < -0.39 is 0 Å². The number of ether oxygens (including phenoxy) is 2. The molecule has 1 fully saturated rings. The highest BCUT2D eigenvalue weighted by Crippen LogP contribution is 2.31. The number of anilines is 1. The number of nitrogens with one attached hydrogen (secondary N) is 1. The Morgan fingerprint density at radius 2 is 2.22 bits per heavy atom. The third kappa shape index (κ3) is 2.73. The molecule has 1 aliphatic heterocycles. The van der Waals surface area contributed by atoms with Gasteiger partial charge in [-0.1, -0.05) is 0 Å². The summed E-state index contributed by atoms with van der Waals surface area (Å²) in [6.45, 7) is 3.35. The van der Waals surface area contributed by atoms with Crippen LogP contribution in [0.4, 0.5) is 5.69 Å². The molecule has 0 aliphatic carbocycles. The van der Waals surface area contributed by atoms with Gasteiger partial charge in [-0.05, 0) is 25.8 Å². The molecule has 1 aliphatic rings. The lowest BCUT2D eigenvalue weighted by Gasteiger charge is -2.37. The fraction of sp³-hybridized carbons (Fsp3) is 0.615. The minimum Gasteiger partial charge on any atom is -0.493 e. The first-order valence-electron chi connectivity index (χ1n) is 6.16. The number of pyridine rings is 1. The molecule has 2 N–H and O–H groups in total. The second kappa shape index (κ2) is 5.54. The average molecular weight is 252 g/mol. The van der Waals surface area contributed by atoms with Crippen molar-refractivity contribution in [3.8, 4) is 5.75 Å². The van der Waals surface area contributed by atoms with E-state index in [-0.39, 0.29) is 12.1 Å². The lowest BCUT2D eigenvalue weighted by atomic mass is 9.90. The highest BCUT2D eigenvalue weighted by molar-refractivity contribution is 5.57. The van der Waals surface area contributed by atoms with Gasteiger partial charge in [0.15, 0.2) is 5.75 Å². The van der Waals surface area contributed by atoms with Gasteiger partial charge in [0, 0.05) is 18.9 Å². The number of aliphatic hydroxyl groups is 1. The molecule has 1 aromatic heterocycles. The molecular weight excluding hydrogens is 232 g/mol. The van der Waals surface area contributed by atoms with Gasteiger partial charge in [-0.2, -0.15) is 0 Å². The zero-order valence-corrected chi connectivity index (χ0v) is 10.9. The number of rotatable bonds is 4. The van der Waals surface area contributed by atoms with E-state index in [4.69, 9.17) is 9.47 Å². The normalized spacial score (nSPS) is 18.4. The summed E-state index contributed by atoms with van der Waals surface area (Å²) in [5.74, 6) is 0.694. The van der Waals surface area contributed by atoms with E-state index in [9.17, 15) is 5.11 Å². The van der Waals surface area contributed by atoms with Crippen molar-refractivity contribution in [1.82, 2.24) is 4.98 Å². The Morgan fingerprint density at radius 1 is 1.50 bits per heavy atom. The van der Waals surface area contributed by atoms with Crippen LogP contribution < -0.4 is 10.1 Å². The van der Waals surface area contributed by atoms with E-state index in [0.717, 1.165) is 24.2 Å². The van der Waals surface area contributed by atoms with Crippen molar-refractivity contribution in [2.45, 2.75) is 25.3 Å². The molecule has 0 saturated carbocycles. The third-order valence-electron chi connectivity index (χ3n) is 3.38. The Labute approximate surface area is 107 Å². The number of aromatic nitrogens is 1. The molecular formula is C13H20N2O3. The third-order valence-corrected chi connectivity index (χ3v) is 3.38. The molecule has 0 bridgehead atoms. The Bertz CT molecular complexity index is 403. The molecule has 0 aromatic carbocycles. The van der Waals surface area contributed by atoms with Crippen molar-refractivity contribution < 1.29 is 14.6 Å². The van der Waals surface area contributed by atoms with E-state index in [1.54, 1.807) is 13.3 Å². The summed E-state index contributed by atoms with van der Waals surface area (Å²) < 4.78 is 10.6. The molecule has 1 aromatic rings. The van der Waals surface area contributed by atoms with Gasteiger partial charge in [0.2, 0.25) is 0 Å². The molecule has 0 spiro atoms. The van der Waals surface area contributed by atoms with Crippen LogP contribution in [0.1, 0.15) is 18.5 Å². The fourth-order valence-electron chi connectivity index (χ4n) is 2.18. The van der Waals surface area contributed by atoms with Crippen LogP contribution in [0, 0.1) is 6.92 Å². The summed E-state index contributed by atoms with van der Waals surface area (Å²) in [4.78, 5) is 4.20. The summed E-state index contributed by atoms with van der Waals surface area (Å²) in [6.07, 6.45) is 3.27. The molecule has 2 heterocycles. The second-order valence-electron chi connectivity index (χ2n) is 4.70. The van der Waals surface area contributed by atoms with Gasteiger partial charge in [0.25, 0.3) is 0 Å². The molecule has 0 unspecified atom stereocenters. The molecule has 18 heavy (non-hydrogen) atoms. The maximum absolute atomic E-state index is 9.66. The predicted molar refractivity (Wildman–Crippen MR) is 69.0 cm³/mol. The lowest BCUT2D eigenvalue weighted by Crippen LogP contribution is -2.47. The van der Waals surface area contributed by atoms with E-state index in [0.29, 0.717) is 19.0 Å². The molecule has 2 rings (SSSR count). The van der Waals surface area contributed by atoms with Crippen molar-refractivity contribution in [3.05, 3.63) is 18.0 Å². The van der Waals surface area contributed by atoms with Gasteiger partial charge in [0.05, 0.1) is 31.1 Å². The van der Waals surface area contributed by atoms with E-state index in [1.807, 2.05) is 13.0 Å². The lowest BCUT2D eigenvalue weighted by molar-refractivity contribution is 0.0379. The highest BCUT2D eigenvalue weighted by atomic mass is 16.5. The van der Waals surface area contributed by atoms with Crippen LogP contribution in [0.2, 0.25) is 0 Å². The summed E-state index contributed by atoms with van der Waals surface area (Å²) in [6, 6.07) is 1.94. The molecule has 5 heteroatoms.